The number of rotatable bonds is 5. The number of carbonyl (C=O) groups is 3. The molecule has 0 spiro atoms. The molecule has 3 aliphatic rings. The molecule has 0 bridgehead atoms. The molecule has 1 heterocycles. The van der Waals surface area contributed by atoms with Crippen LogP contribution in [0.5, 0.6) is 0 Å². The highest BCUT2D eigenvalue weighted by Gasteiger charge is 2.39. The molecule has 1 aliphatic heterocycles. The fourth-order valence-electron chi connectivity index (χ4n) is 4.69. The third-order valence-electron chi connectivity index (χ3n) is 6.90. The van der Waals surface area contributed by atoms with Gasteiger partial charge in [0.05, 0.1) is 0 Å². The number of carbonyl (C=O) groups excluding carboxylic acids is 3. The van der Waals surface area contributed by atoms with Crippen LogP contribution in [-0.2, 0) is 4.79 Å². The van der Waals surface area contributed by atoms with Gasteiger partial charge in [0.1, 0.15) is 0 Å². The number of likely N-dealkylation sites (tertiary alicyclic amines) is 1. The number of nitrogens with one attached hydrogen (secondary N) is 3. The largest absolute Gasteiger partial charge is 0.338 e. The van der Waals surface area contributed by atoms with E-state index < -0.39 is 0 Å². The van der Waals surface area contributed by atoms with Gasteiger partial charge in [-0.15, -0.1) is 0 Å². The van der Waals surface area contributed by atoms with E-state index >= 15 is 0 Å². The predicted molar refractivity (Wildman–Crippen MR) is 120 cm³/mol. The van der Waals surface area contributed by atoms with Gasteiger partial charge >= 0.3 is 6.03 Å². The number of benzene rings is 1. The number of nitrogens with zero attached hydrogens (tertiary/aromatic N) is 1. The van der Waals surface area contributed by atoms with Crippen molar-refractivity contribution in [2.45, 2.75) is 70.4 Å². The lowest BCUT2D eigenvalue weighted by Crippen LogP contribution is -2.51. The Kier molecular flexibility index (Phi) is 6.78. The highest BCUT2D eigenvalue weighted by molar-refractivity contribution is 5.97. The maximum Gasteiger partial charge on any atom is 0.315 e. The van der Waals surface area contributed by atoms with E-state index in [0.717, 1.165) is 37.8 Å². The molecule has 2 saturated carbocycles. The molecule has 1 aromatic rings. The van der Waals surface area contributed by atoms with Crippen LogP contribution in [0.25, 0.3) is 0 Å². The Hall–Kier alpha value is -2.57. The van der Waals surface area contributed by atoms with Gasteiger partial charge in [0.2, 0.25) is 5.91 Å². The number of hydrogen-bond acceptors (Lipinski definition) is 3. The summed E-state index contributed by atoms with van der Waals surface area (Å²) in [7, 11) is 0. The average molecular weight is 427 g/mol. The van der Waals surface area contributed by atoms with Crippen LogP contribution < -0.4 is 16.0 Å². The van der Waals surface area contributed by atoms with Gasteiger partial charge in [0, 0.05) is 42.3 Å². The molecular weight excluding hydrogens is 392 g/mol. The van der Waals surface area contributed by atoms with Gasteiger partial charge in [0.15, 0.2) is 0 Å². The molecule has 0 aromatic heterocycles. The minimum atomic E-state index is -0.0742. The van der Waals surface area contributed by atoms with Gasteiger partial charge in [-0.25, -0.2) is 4.79 Å². The Morgan fingerprint density at radius 3 is 2.03 bits per heavy atom. The van der Waals surface area contributed by atoms with E-state index in [0.29, 0.717) is 30.6 Å². The second-order valence-corrected chi connectivity index (χ2v) is 9.41. The molecule has 3 N–H and O–H groups in total. The minimum absolute atomic E-state index is 0.00111. The summed E-state index contributed by atoms with van der Waals surface area (Å²) in [5.41, 5.74) is 1.35. The van der Waals surface area contributed by atoms with Gasteiger partial charge < -0.3 is 20.9 Å². The van der Waals surface area contributed by atoms with Crippen molar-refractivity contribution in [1.29, 1.82) is 0 Å². The first-order chi connectivity index (χ1) is 15.0. The quantitative estimate of drug-likeness (QED) is 0.673. The summed E-state index contributed by atoms with van der Waals surface area (Å²) in [6.45, 7) is 3.34. The first-order valence-electron chi connectivity index (χ1n) is 11.8. The fraction of sp³-hybridized carbons (Fsp3) is 0.625. The van der Waals surface area contributed by atoms with Crippen molar-refractivity contribution in [3.63, 3.8) is 0 Å². The Balaban J connectivity index is 1.20. The summed E-state index contributed by atoms with van der Waals surface area (Å²) in [4.78, 5) is 39.0. The Morgan fingerprint density at radius 2 is 1.45 bits per heavy atom. The van der Waals surface area contributed by atoms with E-state index in [4.69, 9.17) is 0 Å². The van der Waals surface area contributed by atoms with Crippen LogP contribution in [0.15, 0.2) is 24.3 Å². The summed E-state index contributed by atoms with van der Waals surface area (Å²) in [6.07, 6.45) is 8.27. The number of urea groups is 1. The van der Waals surface area contributed by atoms with Crippen molar-refractivity contribution in [3.05, 3.63) is 29.8 Å². The summed E-state index contributed by atoms with van der Waals surface area (Å²) in [6, 6.07) is 7.47. The molecule has 4 rings (SSSR count). The van der Waals surface area contributed by atoms with Crippen molar-refractivity contribution < 1.29 is 14.4 Å². The standard InChI is InChI=1S/C24H34N4O3/c1-16-15-21(16)22(29)25-19-9-7-17(8-10-19)23(30)28-13-11-20(12-14-28)27-24(31)26-18-5-3-2-4-6-18/h7-10,16,18,20-21H,2-6,11-15H2,1H3,(H,25,29)(H2,26,27,31). The maximum absolute atomic E-state index is 12.8. The minimum Gasteiger partial charge on any atom is -0.338 e. The van der Waals surface area contributed by atoms with Crippen molar-refractivity contribution in [2.24, 2.45) is 11.8 Å². The average Bonchev–Trinajstić information content (AvgIpc) is 3.52. The SMILES string of the molecule is CC1CC1C(=O)Nc1ccc(C(=O)N2CCC(NC(=O)NC3CCCCC3)CC2)cc1. The molecular formula is C24H34N4O3. The van der Waals surface area contributed by atoms with Gasteiger partial charge in [0.25, 0.3) is 5.91 Å². The van der Waals surface area contributed by atoms with Crippen molar-refractivity contribution >= 4 is 23.5 Å². The topological polar surface area (TPSA) is 90.5 Å². The Bertz CT molecular complexity index is 796. The summed E-state index contributed by atoms with van der Waals surface area (Å²) >= 11 is 0. The highest BCUT2D eigenvalue weighted by atomic mass is 16.2. The van der Waals surface area contributed by atoms with E-state index in [1.807, 2.05) is 4.90 Å². The van der Waals surface area contributed by atoms with Gasteiger partial charge in [-0.1, -0.05) is 26.2 Å². The van der Waals surface area contributed by atoms with Gasteiger partial charge in [-0.2, -0.15) is 0 Å². The van der Waals surface area contributed by atoms with E-state index in [1.54, 1.807) is 24.3 Å². The zero-order valence-corrected chi connectivity index (χ0v) is 18.4. The molecule has 2 atom stereocenters. The Labute approximate surface area is 184 Å². The molecule has 168 valence electrons. The summed E-state index contributed by atoms with van der Waals surface area (Å²) in [5.74, 6) is 0.657. The molecule has 2 unspecified atom stereocenters. The monoisotopic (exact) mass is 426 g/mol. The maximum atomic E-state index is 12.8. The molecule has 2 aliphatic carbocycles. The first-order valence-corrected chi connectivity index (χ1v) is 11.8. The van der Waals surface area contributed by atoms with Crippen LogP contribution in [0, 0.1) is 11.8 Å². The molecule has 1 aromatic carbocycles. The third kappa shape index (κ3) is 5.77. The van der Waals surface area contributed by atoms with Crippen LogP contribution in [0.4, 0.5) is 10.5 Å². The predicted octanol–water partition coefficient (Wildman–Crippen LogP) is 3.52. The molecule has 1 saturated heterocycles. The zero-order chi connectivity index (χ0) is 21.8. The van der Waals surface area contributed by atoms with E-state index in [9.17, 15) is 14.4 Å². The van der Waals surface area contributed by atoms with E-state index in [-0.39, 0.29) is 29.8 Å². The molecule has 7 heteroatoms. The zero-order valence-electron chi connectivity index (χ0n) is 18.4. The first kappa shape index (κ1) is 21.7. The molecule has 31 heavy (non-hydrogen) atoms. The lowest BCUT2D eigenvalue weighted by atomic mass is 9.96. The van der Waals surface area contributed by atoms with Gasteiger partial charge in [-0.05, 0) is 62.3 Å². The number of piperidine rings is 1. The van der Waals surface area contributed by atoms with Crippen LogP contribution >= 0.6 is 0 Å². The molecule has 0 radical (unpaired) electrons. The van der Waals surface area contributed by atoms with Crippen molar-refractivity contribution in [2.75, 3.05) is 18.4 Å². The number of anilines is 1. The lowest BCUT2D eigenvalue weighted by Gasteiger charge is -2.33. The highest BCUT2D eigenvalue weighted by Crippen LogP contribution is 2.38. The third-order valence-corrected chi connectivity index (χ3v) is 6.90. The van der Waals surface area contributed by atoms with Gasteiger partial charge in [-0.3, -0.25) is 9.59 Å². The fourth-order valence-corrected chi connectivity index (χ4v) is 4.69. The Morgan fingerprint density at radius 1 is 0.871 bits per heavy atom. The smallest absolute Gasteiger partial charge is 0.315 e. The molecule has 4 amide bonds. The summed E-state index contributed by atoms with van der Waals surface area (Å²) < 4.78 is 0. The number of hydrogen-bond donors (Lipinski definition) is 3. The second kappa shape index (κ2) is 9.71. The van der Waals surface area contributed by atoms with Crippen LogP contribution in [0.3, 0.4) is 0 Å². The second-order valence-electron chi connectivity index (χ2n) is 9.41. The summed E-state index contributed by atoms with van der Waals surface area (Å²) in [5, 5.41) is 9.10. The van der Waals surface area contributed by atoms with Crippen LogP contribution in [-0.4, -0.2) is 47.9 Å². The normalized spacial score (nSPS) is 24.4. The lowest BCUT2D eigenvalue weighted by molar-refractivity contribution is -0.117. The molecule has 3 fully saturated rings. The molecule has 7 nitrogen and oxygen atoms in total. The number of amides is 4. The van der Waals surface area contributed by atoms with Crippen molar-refractivity contribution in [1.82, 2.24) is 15.5 Å². The van der Waals surface area contributed by atoms with E-state index in [2.05, 4.69) is 22.9 Å². The van der Waals surface area contributed by atoms with E-state index in [1.165, 1.54) is 19.3 Å². The van der Waals surface area contributed by atoms with Crippen molar-refractivity contribution in [3.8, 4) is 0 Å². The van der Waals surface area contributed by atoms with Crippen LogP contribution in [0.1, 0.15) is 68.6 Å². The van der Waals surface area contributed by atoms with Crippen LogP contribution in [0.2, 0.25) is 0 Å².